The molecule has 1 saturated heterocycles. The van der Waals surface area contributed by atoms with Gasteiger partial charge < -0.3 is 18.4 Å². The SMILES string of the molecule is Brc1cccc(-n2c3ccccc3c3ccccc32)c1.CC1(C)OB(c2ccc3c(c2)c2ccc4ccccc4c2c2nc4ccccc4n32)OC1(C)C.c1cc(-c2ccc3c(c2)c2ccc4ccccc4c2c2nc4ccccc4n32)cc(-n2c3ccccc3c3ccccc32)c1. The Morgan fingerprint density at radius 1 is 0.306 bits per heavy atom. The number of hydrogen-bond donors (Lipinski definition) is 0. The van der Waals surface area contributed by atoms with Crippen LogP contribution in [-0.2, 0) is 9.31 Å². The third kappa shape index (κ3) is 9.05. The largest absolute Gasteiger partial charge is 0.494 e. The maximum absolute atomic E-state index is 6.38. The predicted molar refractivity (Wildman–Crippen MR) is 414 cm³/mol. The summed E-state index contributed by atoms with van der Waals surface area (Å²) in [6.45, 7) is 8.38. The molecule has 0 aliphatic carbocycles. The maximum Gasteiger partial charge on any atom is 0.494 e. The van der Waals surface area contributed by atoms with Crippen LogP contribution in [0.2, 0.25) is 0 Å². The van der Waals surface area contributed by atoms with Crippen LogP contribution in [0.4, 0.5) is 0 Å². The van der Waals surface area contributed by atoms with Crippen LogP contribution in [0, 0.1) is 0 Å². The fraction of sp³-hybridized carbons (Fsp3) is 0.0682. The standard InChI is InChI=1S/C41H25N3.C29H25BN2O2.C18H12BrN/c1-2-13-30-26(10-1)20-22-33-34-25-28(21-23-38(34)44-39-19-8-5-16-35(39)42-41(44)40(30)33)27-11-9-12-29(24-27)43-36-17-6-3-14-31(36)32-15-4-7-18-37(32)43;1-28(2)29(3,4)34-30(33-28)19-14-16-24-22(17-19)21-15-13-18-9-5-6-10-20(18)26(21)27-31-23-11-7-8-12-25(23)32(24)27;19-13-6-5-7-14(12-13)20-17-10-3-1-8-15(17)16-9-2-4-11-18(16)20/h1-25H;5-17H,1-4H3;1-12H. The molecule has 0 bridgehead atoms. The van der Waals surface area contributed by atoms with E-state index >= 15 is 0 Å². The van der Waals surface area contributed by atoms with E-state index in [-0.39, 0.29) is 11.2 Å². The number of benzene rings is 14. The first-order valence-corrected chi connectivity index (χ1v) is 34.3. The van der Waals surface area contributed by atoms with Crippen molar-refractivity contribution in [2.24, 2.45) is 0 Å². The fourth-order valence-corrected chi connectivity index (χ4v) is 15.8. The number of rotatable bonds is 4. The van der Waals surface area contributed by atoms with Gasteiger partial charge in [0.15, 0.2) is 0 Å². The molecule has 98 heavy (non-hydrogen) atoms. The second-order valence-electron chi connectivity index (χ2n) is 26.8. The molecule has 0 N–H and O–H groups in total. The molecule has 6 aromatic heterocycles. The highest BCUT2D eigenvalue weighted by atomic mass is 79.9. The molecule has 1 fully saturated rings. The number of nitrogens with zero attached hydrogens (tertiary/aromatic N) is 6. The monoisotopic (exact) mass is 1320 g/mol. The lowest BCUT2D eigenvalue weighted by atomic mass is 9.78. The van der Waals surface area contributed by atoms with Crippen molar-refractivity contribution in [3.63, 3.8) is 0 Å². The summed E-state index contributed by atoms with van der Waals surface area (Å²) in [5.74, 6) is 0. The molecule has 21 rings (SSSR count). The Morgan fingerprint density at radius 3 is 1.19 bits per heavy atom. The summed E-state index contributed by atoms with van der Waals surface area (Å²) in [7, 11) is -0.403. The van der Waals surface area contributed by atoms with E-state index in [4.69, 9.17) is 19.3 Å². The minimum atomic E-state index is -0.403. The topological polar surface area (TPSA) is 62.9 Å². The van der Waals surface area contributed by atoms with E-state index in [0.29, 0.717) is 0 Å². The summed E-state index contributed by atoms with van der Waals surface area (Å²) in [5, 5.41) is 17.2. The van der Waals surface area contributed by atoms with E-state index in [1.165, 1.54) is 120 Å². The molecular formula is C88H62BBrN6O2. The Hall–Kier alpha value is -11.4. The zero-order valence-corrected chi connectivity index (χ0v) is 55.9. The minimum Gasteiger partial charge on any atom is -0.399 e. The van der Waals surface area contributed by atoms with Crippen LogP contribution < -0.4 is 5.46 Å². The van der Waals surface area contributed by atoms with E-state index < -0.39 is 7.12 Å². The first kappa shape index (κ1) is 58.0. The third-order valence-electron chi connectivity index (χ3n) is 20.7. The third-order valence-corrected chi connectivity index (χ3v) is 21.2. The summed E-state index contributed by atoms with van der Waals surface area (Å²) in [5.41, 5.74) is 18.5. The molecule has 0 spiro atoms. The Morgan fingerprint density at radius 2 is 0.704 bits per heavy atom. The van der Waals surface area contributed by atoms with Gasteiger partial charge in [0.05, 0.1) is 66.4 Å². The van der Waals surface area contributed by atoms with Crippen molar-refractivity contribution in [1.82, 2.24) is 27.9 Å². The lowest BCUT2D eigenvalue weighted by Crippen LogP contribution is -2.41. The van der Waals surface area contributed by atoms with Gasteiger partial charge in [0.2, 0.25) is 0 Å². The highest BCUT2D eigenvalue weighted by molar-refractivity contribution is 9.10. The Labute approximate surface area is 573 Å². The van der Waals surface area contributed by atoms with Crippen LogP contribution in [0.3, 0.4) is 0 Å². The second-order valence-corrected chi connectivity index (χ2v) is 27.7. The first-order valence-electron chi connectivity index (χ1n) is 33.5. The van der Waals surface area contributed by atoms with E-state index in [2.05, 4.69) is 359 Å². The molecule has 0 unspecified atom stereocenters. The summed E-state index contributed by atoms with van der Waals surface area (Å²) in [6, 6.07) is 108. The predicted octanol–water partition coefficient (Wildman–Crippen LogP) is 22.5. The summed E-state index contributed by atoms with van der Waals surface area (Å²) >= 11 is 3.56. The van der Waals surface area contributed by atoms with Crippen LogP contribution in [0.25, 0.3) is 164 Å². The van der Waals surface area contributed by atoms with Crippen molar-refractivity contribution >= 4 is 170 Å². The van der Waals surface area contributed by atoms with Crippen molar-refractivity contribution in [3.05, 3.63) is 308 Å². The molecule has 7 heterocycles. The highest BCUT2D eigenvalue weighted by Crippen LogP contribution is 2.43. The van der Waals surface area contributed by atoms with Gasteiger partial charge in [-0.3, -0.25) is 8.80 Å². The molecule has 14 aromatic carbocycles. The lowest BCUT2D eigenvalue weighted by molar-refractivity contribution is 0.00578. The average molecular weight is 1330 g/mol. The van der Waals surface area contributed by atoms with Crippen molar-refractivity contribution in [1.29, 1.82) is 0 Å². The smallest absolute Gasteiger partial charge is 0.399 e. The lowest BCUT2D eigenvalue weighted by Gasteiger charge is -2.32. The molecule has 0 atom stereocenters. The molecule has 0 radical (unpaired) electrons. The molecule has 1 aliphatic rings. The minimum absolute atomic E-state index is 0.380. The normalized spacial score (nSPS) is 13.8. The zero-order valence-electron chi connectivity index (χ0n) is 54.3. The van der Waals surface area contributed by atoms with Gasteiger partial charge in [0.1, 0.15) is 11.3 Å². The number of imidazole rings is 2. The molecule has 466 valence electrons. The number of hydrogen-bond acceptors (Lipinski definition) is 4. The molecule has 0 saturated carbocycles. The van der Waals surface area contributed by atoms with Gasteiger partial charge in [-0.1, -0.05) is 222 Å². The first-order chi connectivity index (χ1) is 48.0. The van der Waals surface area contributed by atoms with Gasteiger partial charge in [-0.25, -0.2) is 9.97 Å². The number of fused-ring (bicyclic) bond motifs is 26. The van der Waals surface area contributed by atoms with Crippen LogP contribution in [-0.4, -0.2) is 46.2 Å². The molecule has 10 heteroatoms. The number of halogens is 1. The Balaban J connectivity index is 0.000000110. The van der Waals surface area contributed by atoms with Crippen LogP contribution in [0.15, 0.2) is 308 Å². The quantitative estimate of drug-likeness (QED) is 0.130. The summed E-state index contributed by atoms with van der Waals surface area (Å²) < 4.78 is 23.2. The van der Waals surface area contributed by atoms with Gasteiger partial charge in [-0.15, -0.1) is 0 Å². The van der Waals surface area contributed by atoms with Gasteiger partial charge >= 0.3 is 7.12 Å². The molecule has 0 amide bonds. The molecular weight excluding hydrogens is 1260 g/mol. The summed E-state index contributed by atoms with van der Waals surface area (Å²) in [6.07, 6.45) is 0. The van der Waals surface area contributed by atoms with Crippen LogP contribution in [0.5, 0.6) is 0 Å². The number of para-hydroxylation sites is 8. The second kappa shape index (κ2) is 22.3. The number of pyridine rings is 2. The van der Waals surface area contributed by atoms with Gasteiger partial charge in [0, 0.05) is 58.9 Å². The average Bonchev–Trinajstić information content (AvgIpc) is 1.35. The maximum atomic E-state index is 6.38. The molecule has 20 aromatic rings. The Bertz CT molecular complexity index is 6570. The van der Waals surface area contributed by atoms with Crippen LogP contribution in [0.1, 0.15) is 27.7 Å². The van der Waals surface area contributed by atoms with Crippen molar-refractivity contribution in [2.45, 2.75) is 38.9 Å². The van der Waals surface area contributed by atoms with Gasteiger partial charge in [-0.05, 0) is 174 Å². The van der Waals surface area contributed by atoms with Crippen molar-refractivity contribution in [3.8, 4) is 22.5 Å². The zero-order chi connectivity index (χ0) is 65.5. The molecule has 8 nitrogen and oxygen atoms in total. The Kier molecular flexibility index (Phi) is 13.2. The van der Waals surface area contributed by atoms with E-state index in [1.807, 2.05) is 6.07 Å². The van der Waals surface area contributed by atoms with Crippen molar-refractivity contribution < 1.29 is 9.31 Å². The molecule has 1 aliphatic heterocycles. The van der Waals surface area contributed by atoms with Crippen LogP contribution >= 0.6 is 15.9 Å². The summed E-state index contributed by atoms with van der Waals surface area (Å²) in [4.78, 5) is 10.3. The highest BCUT2D eigenvalue weighted by Gasteiger charge is 2.51. The van der Waals surface area contributed by atoms with E-state index in [0.717, 1.165) is 54.5 Å². The van der Waals surface area contributed by atoms with E-state index in [9.17, 15) is 0 Å². The van der Waals surface area contributed by atoms with E-state index in [1.54, 1.807) is 0 Å². The number of aromatic nitrogens is 6. The fourth-order valence-electron chi connectivity index (χ4n) is 15.4. The van der Waals surface area contributed by atoms with Gasteiger partial charge in [-0.2, -0.15) is 0 Å². The van der Waals surface area contributed by atoms with Gasteiger partial charge in [0.25, 0.3) is 0 Å². The van der Waals surface area contributed by atoms with Crippen molar-refractivity contribution in [2.75, 3.05) is 0 Å².